The molecule has 0 saturated heterocycles. The molecule has 1 aromatic carbocycles. The Kier molecular flexibility index (Phi) is 6.30. The fourth-order valence-corrected chi connectivity index (χ4v) is 3.69. The second-order valence-corrected chi connectivity index (χ2v) is 7.30. The van der Waals surface area contributed by atoms with Gasteiger partial charge in [0.1, 0.15) is 5.82 Å². The average Bonchev–Trinajstić information content (AvgIpc) is 2.88. The van der Waals surface area contributed by atoms with Gasteiger partial charge < -0.3 is 15.7 Å². The smallest absolute Gasteiger partial charge is 0.315 e. The van der Waals surface area contributed by atoms with Crippen LogP contribution in [0.2, 0.25) is 0 Å². The molecule has 2 rings (SSSR count). The maximum Gasteiger partial charge on any atom is 0.315 e. The topological polar surface area (TPSA) is 61.4 Å². The molecule has 1 aliphatic rings. The first-order chi connectivity index (χ1) is 11.0. The minimum Gasteiger partial charge on any atom is -0.396 e. The third kappa shape index (κ3) is 4.61. The van der Waals surface area contributed by atoms with Crippen LogP contribution in [0.1, 0.15) is 37.3 Å². The molecular weight excluding hydrogens is 315 g/mol. The molecule has 2 atom stereocenters. The Bertz CT molecular complexity index is 555. The minimum atomic E-state index is -0.257. The Morgan fingerprint density at radius 2 is 2.26 bits per heavy atom. The summed E-state index contributed by atoms with van der Waals surface area (Å²) in [4.78, 5) is 12.1. The van der Waals surface area contributed by atoms with Crippen molar-refractivity contribution in [1.82, 2.24) is 10.6 Å². The highest BCUT2D eigenvalue weighted by Crippen LogP contribution is 2.37. The van der Waals surface area contributed by atoms with Crippen molar-refractivity contribution in [2.75, 3.05) is 12.9 Å². The van der Waals surface area contributed by atoms with E-state index in [2.05, 4.69) is 10.6 Å². The Morgan fingerprint density at radius 3 is 2.96 bits per heavy atom. The molecule has 23 heavy (non-hydrogen) atoms. The van der Waals surface area contributed by atoms with Crippen molar-refractivity contribution in [3.63, 3.8) is 0 Å². The molecule has 1 saturated carbocycles. The van der Waals surface area contributed by atoms with Crippen LogP contribution in [0.15, 0.2) is 18.2 Å². The molecule has 0 radical (unpaired) electrons. The van der Waals surface area contributed by atoms with Crippen molar-refractivity contribution in [2.24, 2.45) is 5.41 Å². The molecule has 4 nitrogen and oxygen atoms in total. The van der Waals surface area contributed by atoms with E-state index >= 15 is 0 Å². The lowest BCUT2D eigenvalue weighted by atomic mass is 9.86. The Labute approximate surface area is 141 Å². The summed E-state index contributed by atoms with van der Waals surface area (Å²) in [5.41, 5.74) is 1.59. The first kappa shape index (κ1) is 18.1. The van der Waals surface area contributed by atoms with Crippen LogP contribution in [0, 0.1) is 11.2 Å². The second kappa shape index (κ2) is 8.02. The fourth-order valence-electron chi connectivity index (χ4n) is 3.11. The Hall–Kier alpha value is -1.27. The molecule has 128 valence electrons. The lowest BCUT2D eigenvalue weighted by Gasteiger charge is -2.30. The van der Waals surface area contributed by atoms with E-state index in [-0.39, 0.29) is 29.9 Å². The largest absolute Gasteiger partial charge is 0.396 e. The van der Waals surface area contributed by atoms with Crippen LogP contribution < -0.4 is 10.6 Å². The number of carbonyl (C=O) groups excluding carboxylic acids is 1. The van der Waals surface area contributed by atoms with E-state index in [0.29, 0.717) is 12.3 Å². The van der Waals surface area contributed by atoms with E-state index in [1.54, 1.807) is 17.8 Å². The van der Waals surface area contributed by atoms with Gasteiger partial charge >= 0.3 is 6.03 Å². The number of benzene rings is 1. The Morgan fingerprint density at radius 1 is 1.48 bits per heavy atom. The van der Waals surface area contributed by atoms with Crippen molar-refractivity contribution in [2.45, 2.75) is 44.5 Å². The number of rotatable bonds is 6. The maximum absolute atomic E-state index is 13.3. The van der Waals surface area contributed by atoms with Crippen molar-refractivity contribution in [3.8, 4) is 0 Å². The van der Waals surface area contributed by atoms with Crippen molar-refractivity contribution >= 4 is 17.8 Å². The van der Waals surface area contributed by atoms with Crippen molar-refractivity contribution in [1.29, 1.82) is 0 Å². The van der Waals surface area contributed by atoms with E-state index in [9.17, 15) is 14.3 Å². The number of carbonyl (C=O) groups is 1. The first-order valence-electron chi connectivity index (χ1n) is 7.90. The van der Waals surface area contributed by atoms with Gasteiger partial charge in [-0.05, 0) is 42.4 Å². The van der Waals surface area contributed by atoms with Gasteiger partial charge in [0.05, 0.1) is 6.61 Å². The molecule has 0 aliphatic heterocycles. The number of hydrogen-bond acceptors (Lipinski definition) is 3. The summed E-state index contributed by atoms with van der Waals surface area (Å²) >= 11 is 1.62. The van der Waals surface area contributed by atoms with E-state index in [0.717, 1.165) is 30.4 Å². The molecule has 1 aromatic rings. The summed E-state index contributed by atoms with van der Waals surface area (Å²) in [6.07, 6.45) is 4.78. The number of hydrogen-bond donors (Lipinski definition) is 3. The van der Waals surface area contributed by atoms with Crippen LogP contribution in [0.3, 0.4) is 0 Å². The van der Waals surface area contributed by atoms with Gasteiger partial charge in [0.25, 0.3) is 0 Å². The van der Waals surface area contributed by atoms with Crippen LogP contribution in [-0.4, -0.2) is 30.0 Å². The third-order valence-electron chi connectivity index (χ3n) is 4.66. The zero-order valence-electron chi connectivity index (χ0n) is 13.7. The van der Waals surface area contributed by atoms with Gasteiger partial charge in [-0.25, -0.2) is 9.18 Å². The quantitative estimate of drug-likeness (QED) is 0.746. The lowest BCUT2D eigenvalue weighted by molar-refractivity contribution is 0.121. The molecule has 2 unspecified atom stereocenters. The predicted octanol–water partition coefficient (Wildman–Crippen LogP) is 3.04. The summed E-state index contributed by atoms with van der Waals surface area (Å²) in [6.45, 7) is 2.44. The number of aliphatic hydroxyl groups is 1. The lowest BCUT2D eigenvalue weighted by Crippen LogP contribution is -2.48. The van der Waals surface area contributed by atoms with E-state index in [1.165, 1.54) is 12.1 Å². The van der Waals surface area contributed by atoms with Crippen LogP contribution in [-0.2, 0) is 12.3 Å². The van der Waals surface area contributed by atoms with E-state index < -0.39 is 0 Å². The third-order valence-corrected chi connectivity index (χ3v) is 5.26. The minimum absolute atomic E-state index is 0.00798. The van der Waals surface area contributed by atoms with Gasteiger partial charge in [-0.2, -0.15) is 11.8 Å². The van der Waals surface area contributed by atoms with Crippen molar-refractivity contribution in [3.05, 3.63) is 35.1 Å². The molecule has 0 aromatic heterocycles. The molecular formula is C17H25FN2O2S. The van der Waals surface area contributed by atoms with E-state index in [1.807, 2.05) is 13.2 Å². The first-order valence-corrected chi connectivity index (χ1v) is 9.29. The number of thioether (sulfide) groups is 1. The van der Waals surface area contributed by atoms with Crippen molar-refractivity contribution < 1.29 is 14.3 Å². The van der Waals surface area contributed by atoms with Gasteiger partial charge in [-0.1, -0.05) is 19.4 Å². The fraction of sp³-hybridized carbons (Fsp3) is 0.588. The molecule has 0 spiro atoms. The number of amides is 2. The monoisotopic (exact) mass is 340 g/mol. The SMILES string of the molecule is CSCc1cc(F)ccc1CNC(=O)NC1CCCC1(C)CO. The average molecular weight is 340 g/mol. The zero-order valence-corrected chi connectivity index (χ0v) is 14.5. The predicted molar refractivity (Wildman–Crippen MR) is 91.8 cm³/mol. The Balaban J connectivity index is 1.92. The molecule has 0 heterocycles. The molecule has 0 bridgehead atoms. The maximum atomic E-state index is 13.3. The molecule has 1 fully saturated rings. The number of urea groups is 1. The highest BCUT2D eigenvalue weighted by atomic mass is 32.2. The summed E-state index contributed by atoms with van der Waals surface area (Å²) in [7, 11) is 0. The summed E-state index contributed by atoms with van der Waals surface area (Å²) in [6, 6.07) is 4.40. The second-order valence-electron chi connectivity index (χ2n) is 6.43. The normalized spacial score (nSPS) is 23.7. The standard InChI is InChI=1S/C17H25FN2O2S/c1-17(11-21)7-3-4-15(17)20-16(22)19-9-12-5-6-14(18)8-13(12)10-23-2/h5-6,8,15,21H,3-4,7,9-11H2,1-2H3,(H2,19,20,22). The van der Waals surface area contributed by atoms with Gasteiger partial charge in [-0.3, -0.25) is 0 Å². The molecule has 3 N–H and O–H groups in total. The van der Waals surface area contributed by atoms with Gasteiger partial charge in [0.2, 0.25) is 0 Å². The number of halogens is 1. The summed E-state index contributed by atoms with van der Waals surface area (Å²) in [5, 5.41) is 15.3. The van der Waals surface area contributed by atoms with Crippen LogP contribution in [0.25, 0.3) is 0 Å². The van der Waals surface area contributed by atoms with Crippen LogP contribution in [0.5, 0.6) is 0 Å². The molecule has 2 amide bonds. The highest BCUT2D eigenvalue weighted by molar-refractivity contribution is 7.97. The van der Waals surface area contributed by atoms with Gasteiger partial charge in [0.15, 0.2) is 0 Å². The van der Waals surface area contributed by atoms with Crippen LogP contribution in [0.4, 0.5) is 9.18 Å². The highest BCUT2D eigenvalue weighted by Gasteiger charge is 2.39. The summed E-state index contributed by atoms with van der Waals surface area (Å²) in [5.74, 6) is 0.452. The van der Waals surface area contributed by atoms with Gasteiger partial charge in [0, 0.05) is 23.8 Å². The van der Waals surface area contributed by atoms with Gasteiger partial charge in [-0.15, -0.1) is 0 Å². The molecule has 1 aliphatic carbocycles. The van der Waals surface area contributed by atoms with E-state index in [4.69, 9.17) is 0 Å². The zero-order chi connectivity index (χ0) is 16.9. The molecule has 6 heteroatoms. The number of aliphatic hydroxyl groups excluding tert-OH is 1. The van der Waals surface area contributed by atoms with Crippen LogP contribution >= 0.6 is 11.8 Å². The summed E-state index contributed by atoms with van der Waals surface area (Å²) < 4.78 is 13.3. The number of nitrogens with one attached hydrogen (secondary N) is 2.